The summed E-state index contributed by atoms with van der Waals surface area (Å²) < 4.78 is 6.35. The van der Waals surface area contributed by atoms with Crippen LogP contribution in [0.2, 0.25) is 0 Å². The van der Waals surface area contributed by atoms with Crippen LogP contribution in [0.5, 0.6) is 0 Å². The van der Waals surface area contributed by atoms with E-state index in [9.17, 15) is 4.79 Å². The van der Waals surface area contributed by atoms with Crippen molar-refractivity contribution < 1.29 is 9.53 Å². The summed E-state index contributed by atoms with van der Waals surface area (Å²) in [6, 6.07) is 20.5. The molecule has 3 aromatic rings. The van der Waals surface area contributed by atoms with Crippen LogP contribution in [0.15, 0.2) is 90.7 Å². The van der Waals surface area contributed by atoms with Crippen molar-refractivity contribution in [1.29, 1.82) is 0 Å². The van der Waals surface area contributed by atoms with Gasteiger partial charge < -0.3 is 20.7 Å². The van der Waals surface area contributed by atoms with Gasteiger partial charge in [0.1, 0.15) is 5.82 Å². The Morgan fingerprint density at radius 3 is 2.56 bits per heavy atom. The fourth-order valence-electron chi connectivity index (χ4n) is 6.34. The molecule has 2 aliphatic carbocycles. The number of likely N-dealkylation sites (N-methyl/N-ethyl adjacent to an activating group) is 1. The average molecular weight is 578 g/mol. The van der Waals surface area contributed by atoms with Crippen LogP contribution < -0.4 is 11.1 Å². The molecule has 2 heterocycles. The number of pyridine rings is 1. The summed E-state index contributed by atoms with van der Waals surface area (Å²) in [6.45, 7) is 6.19. The van der Waals surface area contributed by atoms with Crippen LogP contribution in [-0.2, 0) is 11.3 Å². The second-order valence-electron chi connectivity index (χ2n) is 12.2. The van der Waals surface area contributed by atoms with Gasteiger partial charge in [-0.3, -0.25) is 9.69 Å². The highest BCUT2D eigenvalue weighted by molar-refractivity contribution is 5.99. The predicted molar refractivity (Wildman–Crippen MR) is 173 cm³/mol. The summed E-state index contributed by atoms with van der Waals surface area (Å²) in [4.78, 5) is 22.5. The van der Waals surface area contributed by atoms with Gasteiger partial charge in [-0.2, -0.15) is 0 Å². The van der Waals surface area contributed by atoms with Gasteiger partial charge in [-0.1, -0.05) is 72.8 Å². The number of ether oxygens (including phenoxy) is 1. The number of rotatable bonds is 9. The highest BCUT2D eigenvalue weighted by Crippen LogP contribution is 2.29. The Balaban J connectivity index is 0.996. The van der Waals surface area contributed by atoms with Crippen molar-refractivity contribution in [2.75, 3.05) is 45.5 Å². The minimum absolute atomic E-state index is 0.0275. The number of allylic oxidation sites excluding steroid dienone is 2. The van der Waals surface area contributed by atoms with E-state index in [1.54, 1.807) is 6.20 Å². The lowest BCUT2D eigenvalue weighted by atomic mass is 9.89. The monoisotopic (exact) mass is 577 g/mol. The number of amides is 1. The van der Waals surface area contributed by atoms with Crippen LogP contribution in [0.25, 0.3) is 11.1 Å². The normalized spacial score (nSPS) is 22.8. The number of anilines is 1. The Labute approximate surface area is 255 Å². The van der Waals surface area contributed by atoms with E-state index in [1.807, 2.05) is 36.4 Å². The molecule has 0 radical (unpaired) electrons. The van der Waals surface area contributed by atoms with Gasteiger partial charge in [0.2, 0.25) is 0 Å². The highest BCUT2D eigenvalue weighted by Gasteiger charge is 2.30. The molecular formula is C36H43N5O2. The molecule has 3 N–H and O–H groups in total. The maximum Gasteiger partial charge on any atom is 0.255 e. The molecule has 2 fully saturated rings. The first kappa shape index (κ1) is 29.3. The zero-order chi connectivity index (χ0) is 29.6. The second kappa shape index (κ2) is 13.7. The zero-order valence-electron chi connectivity index (χ0n) is 25.1. The first-order valence-electron chi connectivity index (χ1n) is 15.6. The molecule has 43 heavy (non-hydrogen) atoms. The van der Waals surface area contributed by atoms with Gasteiger partial charge in [-0.05, 0) is 61.1 Å². The molecular weight excluding hydrogens is 534 g/mol. The number of carbonyl (C=O) groups excluding carboxylic acids is 1. The zero-order valence-corrected chi connectivity index (χ0v) is 25.1. The van der Waals surface area contributed by atoms with Gasteiger partial charge in [0.05, 0.1) is 24.3 Å². The quantitative estimate of drug-likeness (QED) is 0.354. The third-order valence-corrected chi connectivity index (χ3v) is 9.09. The molecule has 0 bridgehead atoms. The molecule has 1 unspecified atom stereocenters. The van der Waals surface area contributed by atoms with Gasteiger partial charge >= 0.3 is 0 Å². The van der Waals surface area contributed by atoms with E-state index in [0.717, 1.165) is 75.1 Å². The number of nitrogens with one attached hydrogen (secondary N) is 1. The van der Waals surface area contributed by atoms with Gasteiger partial charge in [0.25, 0.3) is 5.91 Å². The van der Waals surface area contributed by atoms with Crippen molar-refractivity contribution in [1.82, 2.24) is 20.1 Å². The van der Waals surface area contributed by atoms with E-state index >= 15 is 0 Å². The largest absolute Gasteiger partial charge is 0.383 e. The highest BCUT2D eigenvalue weighted by atomic mass is 16.5. The summed E-state index contributed by atoms with van der Waals surface area (Å²) in [5, 5.41) is 3.18. The van der Waals surface area contributed by atoms with Crippen LogP contribution >= 0.6 is 0 Å². The molecule has 224 valence electrons. The Kier molecular flexibility index (Phi) is 9.32. The summed E-state index contributed by atoms with van der Waals surface area (Å²) >= 11 is 0. The first-order chi connectivity index (χ1) is 21.0. The molecule has 1 amide bonds. The lowest BCUT2D eigenvalue weighted by Crippen LogP contribution is -2.45. The van der Waals surface area contributed by atoms with Gasteiger partial charge in [0, 0.05) is 50.4 Å². The standard InChI is InChI=1S/C36H43N5O2/c1-40-18-20-41(21-19-40)24-26-10-14-29(15-11-26)30-16-12-27(13-17-30)25-43-34-9-5-8-33(34)39-36(42)32-22-31(23-38-35(32)37)28-6-3-2-4-7-28/h2-4,6-7,10-14,16-17,22-23,29,33-34H,5,8-9,15,18-21,24-25H2,1H3,(H2,37,38)(H,39,42)/t29?,33-,34-/m0/s1. The SMILES string of the molecule is CN1CCN(CC2=CCC(c3ccc(CO[C@H]4CCC[C@@H]4NC(=O)c4cc(-c5ccccc5)cnc4N)cc3)C=C2)CC1. The molecule has 1 aliphatic heterocycles. The molecule has 0 spiro atoms. The Bertz CT molecular complexity index is 1440. The van der Waals surface area contributed by atoms with Crippen molar-refractivity contribution >= 4 is 11.7 Å². The van der Waals surface area contributed by atoms with Crippen LogP contribution in [0.4, 0.5) is 5.82 Å². The lowest BCUT2D eigenvalue weighted by molar-refractivity contribution is 0.0272. The van der Waals surface area contributed by atoms with Crippen LogP contribution in [0, 0.1) is 0 Å². The van der Waals surface area contributed by atoms with Gasteiger partial charge in [-0.25, -0.2) is 4.98 Å². The number of hydrogen-bond donors (Lipinski definition) is 2. The fourth-order valence-corrected chi connectivity index (χ4v) is 6.34. The molecule has 7 nitrogen and oxygen atoms in total. The average Bonchev–Trinajstić information content (AvgIpc) is 3.49. The van der Waals surface area contributed by atoms with Gasteiger partial charge in [0.15, 0.2) is 0 Å². The number of nitrogen functional groups attached to an aromatic ring is 1. The number of nitrogens with two attached hydrogens (primary N) is 1. The number of nitrogens with zero attached hydrogens (tertiary/aromatic N) is 3. The minimum Gasteiger partial charge on any atom is -0.383 e. The van der Waals surface area contributed by atoms with E-state index in [0.29, 0.717) is 18.1 Å². The summed E-state index contributed by atoms with van der Waals surface area (Å²) in [5.41, 5.74) is 12.3. The number of hydrogen-bond acceptors (Lipinski definition) is 6. The van der Waals surface area contributed by atoms with Crippen molar-refractivity contribution in [3.63, 3.8) is 0 Å². The Morgan fingerprint density at radius 1 is 1.02 bits per heavy atom. The smallest absolute Gasteiger partial charge is 0.255 e. The lowest BCUT2D eigenvalue weighted by Gasteiger charge is -2.33. The predicted octanol–water partition coefficient (Wildman–Crippen LogP) is 5.42. The topological polar surface area (TPSA) is 83.7 Å². The third-order valence-electron chi connectivity index (χ3n) is 9.09. The summed E-state index contributed by atoms with van der Waals surface area (Å²) in [6.07, 6.45) is 12.7. The molecule has 1 saturated heterocycles. The van der Waals surface area contributed by atoms with E-state index < -0.39 is 0 Å². The van der Waals surface area contributed by atoms with Crippen molar-refractivity contribution in [3.8, 4) is 11.1 Å². The molecule has 2 aromatic carbocycles. The Morgan fingerprint density at radius 2 is 1.81 bits per heavy atom. The van der Waals surface area contributed by atoms with Crippen molar-refractivity contribution in [3.05, 3.63) is 107 Å². The fraction of sp³-hybridized carbons (Fsp3) is 0.389. The molecule has 3 atom stereocenters. The van der Waals surface area contributed by atoms with Crippen LogP contribution in [0.1, 0.15) is 53.1 Å². The van der Waals surface area contributed by atoms with Crippen LogP contribution in [0.3, 0.4) is 0 Å². The summed E-state index contributed by atoms with van der Waals surface area (Å²) in [7, 11) is 2.20. The number of piperazine rings is 1. The second-order valence-corrected chi connectivity index (χ2v) is 12.2. The Hall–Kier alpha value is -3.78. The molecule has 6 rings (SSSR count). The van der Waals surface area contributed by atoms with Gasteiger partial charge in [-0.15, -0.1) is 0 Å². The maximum absolute atomic E-state index is 13.2. The number of carbonyl (C=O) groups is 1. The number of aromatic nitrogens is 1. The van der Waals surface area contributed by atoms with E-state index in [1.165, 1.54) is 11.1 Å². The van der Waals surface area contributed by atoms with E-state index in [-0.39, 0.29) is 23.9 Å². The molecule has 3 aliphatic rings. The van der Waals surface area contributed by atoms with E-state index in [2.05, 4.69) is 69.6 Å². The third kappa shape index (κ3) is 7.42. The molecule has 1 aromatic heterocycles. The molecule has 7 heteroatoms. The van der Waals surface area contributed by atoms with E-state index in [4.69, 9.17) is 10.5 Å². The number of benzene rings is 2. The first-order valence-corrected chi connectivity index (χ1v) is 15.6. The van der Waals surface area contributed by atoms with Crippen molar-refractivity contribution in [2.24, 2.45) is 0 Å². The van der Waals surface area contributed by atoms with Crippen LogP contribution in [-0.4, -0.2) is 72.6 Å². The van der Waals surface area contributed by atoms with Crippen molar-refractivity contribution in [2.45, 2.75) is 50.4 Å². The molecule has 1 saturated carbocycles. The minimum atomic E-state index is -0.200. The maximum atomic E-state index is 13.2. The summed E-state index contributed by atoms with van der Waals surface area (Å²) in [5.74, 6) is 0.458.